The lowest BCUT2D eigenvalue weighted by Gasteiger charge is -2.06. The Balaban J connectivity index is 1.43. The molecular formula is C24H17N7O2S2. The zero-order chi connectivity index (χ0) is 24.2. The number of nitro groups is 1. The van der Waals surface area contributed by atoms with E-state index in [-0.39, 0.29) is 5.69 Å². The van der Waals surface area contributed by atoms with Gasteiger partial charge in [0, 0.05) is 30.4 Å². The van der Waals surface area contributed by atoms with Crippen molar-refractivity contribution >= 4 is 46.7 Å². The molecular weight excluding hydrogens is 482 g/mol. The monoisotopic (exact) mass is 499 g/mol. The first-order valence-corrected chi connectivity index (χ1v) is 11.7. The van der Waals surface area contributed by atoms with Gasteiger partial charge in [-0.25, -0.2) is 9.97 Å². The molecule has 0 aliphatic carbocycles. The molecule has 0 unspecified atom stereocenters. The normalized spacial score (nSPS) is 11.3. The van der Waals surface area contributed by atoms with E-state index in [1.54, 1.807) is 30.6 Å². The number of nitrogens with zero attached hydrogens (tertiary/aromatic N) is 6. The van der Waals surface area contributed by atoms with Crippen molar-refractivity contribution in [1.82, 2.24) is 24.8 Å². The molecule has 2 aromatic heterocycles. The van der Waals surface area contributed by atoms with Gasteiger partial charge >= 0.3 is 0 Å². The van der Waals surface area contributed by atoms with Gasteiger partial charge in [0.1, 0.15) is 0 Å². The summed E-state index contributed by atoms with van der Waals surface area (Å²) in [4.78, 5) is 19.9. The molecule has 11 heteroatoms. The molecule has 2 heterocycles. The highest BCUT2D eigenvalue weighted by Gasteiger charge is 2.17. The summed E-state index contributed by atoms with van der Waals surface area (Å²) in [7, 11) is 0. The Bertz CT molecular complexity index is 1610. The van der Waals surface area contributed by atoms with Crippen molar-refractivity contribution < 1.29 is 4.92 Å². The lowest BCUT2D eigenvalue weighted by Crippen LogP contribution is -2.01. The molecule has 0 spiro atoms. The highest BCUT2D eigenvalue weighted by atomic mass is 32.2. The number of benzene rings is 3. The third kappa shape index (κ3) is 5.00. The predicted molar refractivity (Wildman–Crippen MR) is 136 cm³/mol. The van der Waals surface area contributed by atoms with Gasteiger partial charge in [-0.2, -0.15) is 14.9 Å². The molecule has 0 saturated carbocycles. The second-order valence-electron chi connectivity index (χ2n) is 7.43. The van der Waals surface area contributed by atoms with E-state index >= 15 is 0 Å². The van der Waals surface area contributed by atoms with Crippen molar-refractivity contribution in [2.24, 2.45) is 5.10 Å². The SMILES string of the molecule is O=[N+]([O-])c1cc(/C=N\n2c(Cc3cccc4ccccc34)n[nH]c2=S)ccc1Sc1ncccn1. The summed E-state index contributed by atoms with van der Waals surface area (Å²) >= 11 is 6.50. The van der Waals surface area contributed by atoms with Crippen LogP contribution >= 0.6 is 24.0 Å². The molecule has 0 aliphatic rings. The first-order chi connectivity index (χ1) is 17.1. The number of nitro benzene ring substituents is 1. The van der Waals surface area contributed by atoms with Crippen LogP contribution in [0.5, 0.6) is 0 Å². The van der Waals surface area contributed by atoms with E-state index in [4.69, 9.17) is 12.2 Å². The van der Waals surface area contributed by atoms with E-state index in [1.807, 2.05) is 24.3 Å². The van der Waals surface area contributed by atoms with Crippen molar-refractivity contribution in [3.63, 3.8) is 0 Å². The molecule has 5 rings (SSSR count). The Labute approximate surface area is 208 Å². The molecule has 5 aromatic rings. The summed E-state index contributed by atoms with van der Waals surface area (Å²) in [6, 6.07) is 20.8. The van der Waals surface area contributed by atoms with Crippen LogP contribution in [-0.4, -0.2) is 36.0 Å². The molecule has 0 fully saturated rings. The number of rotatable bonds is 7. The number of H-pyrrole nitrogens is 1. The number of hydrogen-bond acceptors (Lipinski definition) is 8. The van der Waals surface area contributed by atoms with Gasteiger partial charge in [0.05, 0.1) is 16.0 Å². The molecule has 0 radical (unpaired) electrons. The average molecular weight is 500 g/mol. The number of aromatic amines is 1. The van der Waals surface area contributed by atoms with E-state index in [0.29, 0.717) is 32.6 Å². The summed E-state index contributed by atoms with van der Waals surface area (Å²) in [6.45, 7) is 0. The molecule has 0 amide bonds. The standard InChI is InChI=1S/C24H17N7O2S2/c32-31(33)20-13-16(9-10-21(20)35-23-25-11-4-12-26-23)15-27-30-22(28-29-24(30)34)14-18-7-3-6-17-5-1-2-8-19(17)18/h1-13,15H,14H2,(H,29,34)/b27-15-. The summed E-state index contributed by atoms with van der Waals surface area (Å²) < 4.78 is 1.86. The minimum Gasteiger partial charge on any atom is -0.258 e. The summed E-state index contributed by atoms with van der Waals surface area (Å²) in [6.07, 6.45) is 5.22. The lowest BCUT2D eigenvalue weighted by molar-refractivity contribution is -0.387. The van der Waals surface area contributed by atoms with Crippen LogP contribution in [0.1, 0.15) is 17.0 Å². The average Bonchev–Trinajstić information content (AvgIpc) is 3.23. The van der Waals surface area contributed by atoms with Crippen LogP contribution < -0.4 is 0 Å². The van der Waals surface area contributed by atoms with Gasteiger partial charge in [-0.05, 0) is 52.4 Å². The molecule has 9 nitrogen and oxygen atoms in total. The van der Waals surface area contributed by atoms with Gasteiger partial charge in [0.25, 0.3) is 5.69 Å². The Kier molecular flexibility index (Phi) is 6.42. The van der Waals surface area contributed by atoms with E-state index < -0.39 is 4.92 Å². The fourth-order valence-corrected chi connectivity index (χ4v) is 4.58. The summed E-state index contributed by atoms with van der Waals surface area (Å²) in [5.41, 5.74) is 1.58. The van der Waals surface area contributed by atoms with Gasteiger partial charge in [-0.1, -0.05) is 48.5 Å². The van der Waals surface area contributed by atoms with Crippen molar-refractivity contribution in [2.75, 3.05) is 0 Å². The number of nitrogens with one attached hydrogen (secondary N) is 1. The van der Waals surface area contributed by atoms with Crippen molar-refractivity contribution in [2.45, 2.75) is 16.5 Å². The minimum atomic E-state index is -0.432. The fraction of sp³-hybridized carbons (Fsp3) is 0.0417. The second kappa shape index (κ2) is 9.95. The minimum absolute atomic E-state index is 0.0572. The molecule has 172 valence electrons. The van der Waals surface area contributed by atoms with Crippen molar-refractivity contribution in [3.8, 4) is 0 Å². The molecule has 1 N–H and O–H groups in total. The first kappa shape index (κ1) is 22.6. The fourth-order valence-electron chi connectivity index (χ4n) is 3.58. The largest absolute Gasteiger partial charge is 0.283 e. The topological polar surface area (TPSA) is 115 Å². The van der Waals surface area contributed by atoms with E-state index in [9.17, 15) is 10.1 Å². The van der Waals surface area contributed by atoms with Crippen molar-refractivity contribution in [1.29, 1.82) is 0 Å². The third-order valence-electron chi connectivity index (χ3n) is 5.19. The van der Waals surface area contributed by atoms with Gasteiger partial charge in [-0.3, -0.25) is 15.2 Å². The molecule has 3 aromatic carbocycles. The van der Waals surface area contributed by atoms with E-state index in [0.717, 1.165) is 28.1 Å². The molecule has 0 aliphatic heterocycles. The Hall–Kier alpha value is -4.22. The quantitative estimate of drug-likeness (QED) is 0.105. The van der Waals surface area contributed by atoms with Gasteiger partial charge < -0.3 is 0 Å². The van der Waals surface area contributed by atoms with Gasteiger partial charge in [-0.15, -0.1) is 0 Å². The smallest absolute Gasteiger partial charge is 0.258 e. The summed E-state index contributed by atoms with van der Waals surface area (Å²) in [5, 5.41) is 26.0. The maximum atomic E-state index is 11.7. The zero-order valence-electron chi connectivity index (χ0n) is 18.1. The van der Waals surface area contributed by atoms with Crippen LogP contribution in [0, 0.1) is 14.9 Å². The molecule has 0 atom stereocenters. The lowest BCUT2D eigenvalue weighted by atomic mass is 10.0. The van der Waals surface area contributed by atoms with Gasteiger partial charge in [0.2, 0.25) is 4.77 Å². The zero-order valence-corrected chi connectivity index (χ0v) is 19.7. The first-order valence-electron chi connectivity index (χ1n) is 10.5. The Morgan fingerprint density at radius 1 is 1.09 bits per heavy atom. The van der Waals surface area contributed by atoms with Crippen LogP contribution in [-0.2, 0) is 6.42 Å². The van der Waals surface area contributed by atoms with E-state index in [2.05, 4.69) is 43.5 Å². The van der Waals surface area contributed by atoms with E-state index in [1.165, 1.54) is 17.0 Å². The number of aromatic nitrogens is 5. The Morgan fingerprint density at radius 3 is 2.71 bits per heavy atom. The predicted octanol–water partition coefficient (Wildman–Crippen LogP) is 5.42. The third-order valence-corrected chi connectivity index (χ3v) is 6.41. The second-order valence-corrected chi connectivity index (χ2v) is 8.83. The van der Waals surface area contributed by atoms with Crippen molar-refractivity contribution in [3.05, 3.63) is 111 Å². The van der Waals surface area contributed by atoms with Crippen LogP contribution in [0.15, 0.2) is 94.3 Å². The van der Waals surface area contributed by atoms with Crippen LogP contribution in [0.4, 0.5) is 5.69 Å². The number of hydrogen-bond donors (Lipinski definition) is 1. The highest BCUT2D eigenvalue weighted by Crippen LogP contribution is 2.33. The molecule has 0 saturated heterocycles. The van der Waals surface area contributed by atoms with Crippen LogP contribution in [0.3, 0.4) is 0 Å². The Morgan fingerprint density at radius 2 is 1.89 bits per heavy atom. The maximum absolute atomic E-state index is 11.7. The molecule has 35 heavy (non-hydrogen) atoms. The highest BCUT2D eigenvalue weighted by molar-refractivity contribution is 7.99. The van der Waals surface area contributed by atoms with Gasteiger partial charge in [0.15, 0.2) is 11.0 Å². The van der Waals surface area contributed by atoms with Crippen LogP contribution in [0.2, 0.25) is 0 Å². The van der Waals surface area contributed by atoms with Crippen LogP contribution in [0.25, 0.3) is 10.8 Å². The summed E-state index contributed by atoms with van der Waals surface area (Å²) in [5.74, 6) is 0.630. The number of fused-ring (bicyclic) bond motifs is 1. The molecule has 0 bridgehead atoms. The maximum Gasteiger partial charge on any atom is 0.283 e.